The molecule has 3 rings (SSSR count). The summed E-state index contributed by atoms with van der Waals surface area (Å²) in [6, 6.07) is 14.4. The summed E-state index contributed by atoms with van der Waals surface area (Å²) in [5, 5.41) is 4.29. The summed E-state index contributed by atoms with van der Waals surface area (Å²) in [5.41, 5.74) is 1.16. The largest absolute Gasteiger partial charge is 0.481 e. The molecule has 2 aromatic carbocycles. The quantitative estimate of drug-likeness (QED) is 0.753. The Morgan fingerprint density at radius 2 is 1.87 bits per heavy atom. The molecule has 6 heteroatoms. The minimum absolute atomic E-state index is 0.154. The zero-order valence-corrected chi connectivity index (χ0v) is 13.4. The summed E-state index contributed by atoms with van der Waals surface area (Å²) in [5.74, 6) is 0.220. The summed E-state index contributed by atoms with van der Waals surface area (Å²) >= 11 is 11.9. The van der Waals surface area contributed by atoms with Crippen molar-refractivity contribution in [3.8, 4) is 5.75 Å². The maximum atomic E-state index is 12.0. The third-order valence-electron chi connectivity index (χ3n) is 3.18. The zero-order chi connectivity index (χ0) is 16.2. The van der Waals surface area contributed by atoms with Crippen molar-refractivity contribution in [1.29, 1.82) is 0 Å². The number of amides is 1. The van der Waals surface area contributed by atoms with Gasteiger partial charge >= 0.3 is 0 Å². The lowest BCUT2D eigenvalue weighted by Crippen LogP contribution is -2.20. The van der Waals surface area contributed by atoms with Crippen LogP contribution in [0.3, 0.4) is 0 Å². The molecule has 4 nitrogen and oxygen atoms in total. The number of benzene rings is 2. The number of pyridine rings is 1. The third-order valence-corrected chi connectivity index (χ3v) is 4.00. The molecular formula is C17H12Cl2N2O2. The highest BCUT2D eigenvalue weighted by Gasteiger charge is 2.10. The van der Waals surface area contributed by atoms with E-state index in [9.17, 15) is 4.79 Å². The number of hydrogen-bond donors (Lipinski definition) is 1. The molecule has 1 amide bonds. The molecule has 0 atom stereocenters. The van der Waals surface area contributed by atoms with Crippen LogP contribution in [0.5, 0.6) is 5.75 Å². The number of fused-ring (bicyclic) bond motifs is 1. The van der Waals surface area contributed by atoms with Crippen molar-refractivity contribution < 1.29 is 9.53 Å². The second kappa shape index (κ2) is 6.86. The van der Waals surface area contributed by atoms with Crippen molar-refractivity contribution in [2.24, 2.45) is 0 Å². The second-order valence-corrected chi connectivity index (χ2v) is 5.55. The van der Waals surface area contributed by atoms with Crippen molar-refractivity contribution >= 4 is 45.7 Å². The van der Waals surface area contributed by atoms with E-state index in [1.165, 1.54) is 0 Å². The first-order valence-corrected chi connectivity index (χ1v) is 7.61. The minimum Gasteiger partial charge on any atom is -0.481 e. The van der Waals surface area contributed by atoms with E-state index >= 15 is 0 Å². The summed E-state index contributed by atoms with van der Waals surface area (Å²) in [7, 11) is 0. The maximum absolute atomic E-state index is 12.0. The van der Waals surface area contributed by atoms with Gasteiger partial charge in [0.1, 0.15) is 11.3 Å². The van der Waals surface area contributed by atoms with E-state index in [0.717, 1.165) is 5.39 Å². The minimum atomic E-state index is -0.331. The predicted molar refractivity (Wildman–Crippen MR) is 92.3 cm³/mol. The van der Waals surface area contributed by atoms with Gasteiger partial charge in [0.25, 0.3) is 5.91 Å². The molecule has 0 aliphatic carbocycles. The van der Waals surface area contributed by atoms with Crippen LogP contribution in [0.1, 0.15) is 0 Å². The number of para-hydroxylation sites is 1. The highest BCUT2D eigenvalue weighted by molar-refractivity contribution is 6.44. The Bertz CT molecular complexity index is 863. The van der Waals surface area contributed by atoms with Crippen molar-refractivity contribution in [3.63, 3.8) is 0 Å². The van der Waals surface area contributed by atoms with Crippen molar-refractivity contribution in [1.82, 2.24) is 4.98 Å². The number of rotatable bonds is 4. The molecule has 0 unspecified atom stereocenters. The predicted octanol–water partition coefficient (Wildman–Crippen LogP) is 4.56. The molecule has 0 saturated heterocycles. The lowest BCUT2D eigenvalue weighted by atomic mass is 10.2. The van der Waals surface area contributed by atoms with Gasteiger partial charge in [-0.05, 0) is 24.3 Å². The van der Waals surface area contributed by atoms with Crippen LogP contribution in [0.2, 0.25) is 10.0 Å². The molecule has 3 aromatic rings. The Balaban J connectivity index is 1.70. The molecule has 0 aliphatic heterocycles. The van der Waals surface area contributed by atoms with Gasteiger partial charge in [0.2, 0.25) is 0 Å². The number of hydrogen-bond acceptors (Lipinski definition) is 3. The van der Waals surface area contributed by atoms with Gasteiger partial charge in [-0.3, -0.25) is 9.78 Å². The van der Waals surface area contributed by atoms with Gasteiger partial charge in [-0.15, -0.1) is 0 Å². The van der Waals surface area contributed by atoms with E-state index in [1.54, 1.807) is 30.5 Å². The Morgan fingerprint density at radius 3 is 2.74 bits per heavy atom. The Morgan fingerprint density at radius 1 is 1.09 bits per heavy atom. The van der Waals surface area contributed by atoms with Crippen LogP contribution in [0.15, 0.2) is 54.7 Å². The number of carbonyl (C=O) groups is 1. The highest BCUT2D eigenvalue weighted by Crippen LogP contribution is 2.29. The zero-order valence-electron chi connectivity index (χ0n) is 11.9. The number of anilines is 1. The van der Waals surface area contributed by atoms with Crippen LogP contribution in [0, 0.1) is 0 Å². The SMILES string of the molecule is O=C(COc1cccc2cccnc12)Nc1cccc(Cl)c1Cl. The number of ether oxygens (including phenoxy) is 1. The van der Waals surface area contributed by atoms with Gasteiger partial charge in [0.15, 0.2) is 6.61 Å². The average molecular weight is 347 g/mol. The van der Waals surface area contributed by atoms with Crippen LogP contribution in [0.25, 0.3) is 10.9 Å². The highest BCUT2D eigenvalue weighted by atomic mass is 35.5. The summed E-state index contributed by atoms with van der Waals surface area (Å²) in [6.07, 6.45) is 1.68. The van der Waals surface area contributed by atoms with Gasteiger partial charge in [-0.2, -0.15) is 0 Å². The van der Waals surface area contributed by atoms with Crippen LogP contribution in [0.4, 0.5) is 5.69 Å². The molecule has 0 spiro atoms. The lowest BCUT2D eigenvalue weighted by molar-refractivity contribution is -0.118. The van der Waals surface area contributed by atoms with E-state index in [-0.39, 0.29) is 12.5 Å². The number of halogens is 2. The Kier molecular flexibility index (Phi) is 4.65. The van der Waals surface area contributed by atoms with E-state index in [2.05, 4.69) is 10.3 Å². The van der Waals surface area contributed by atoms with Gasteiger partial charge < -0.3 is 10.1 Å². The first-order chi connectivity index (χ1) is 11.1. The molecule has 0 aliphatic rings. The van der Waals surface area contributed by atoms with E-state index in [0.29, 0.717) is 27.0 Å². The number of aromatic nitrogens is 1. The maximum Gasteiger partial charge on any atom is 0.262 e. The average Bonchev–Trinajstić information content (AvgIpc) is 2.57. The fourth-order valence-corrected chi connectivity index (χ4v) is 2.47. The molecule has 1 heterocycles. The standard InChI is InChI=1S/C17H12Cl2N2O2/c18-12-6-2-7-13(16(12)19)21-15(22)10-23-14-8-1-4-11-5-3-9-20-17(11)14/h1-9H,10H2,(H,21,22). The number of carbonyl (C=O) groups excluding carboxylic acids is 1. The molecular weight excluding hydrogens is 335 g/mol. The molecule has 0 saturated carbocycles. The van der Waals surface area contributed by atoms with Gasteiger partial charge in [-0.25, -0.2) is 0 Å². The molecule has 23 heavy (non-hydrogen) atoms. The van der Waals surface area contributed by atoms with Crippen molar-refractivity contribution in [3.05, 3.63) is 64.8 Å². The fourth-order valence-electron chi connectivity index (χ4n) is 2.12. The van der Waals surface area contributed by atoms with E-state index < -0.39 is 0 Å². The molecule has 1 N–H and O–H groups in total. The first-order valence-electron chi connectivity index (χ1n) is 6.85. The second-order valence-electron chi connectivity index (χ2n) is 4.77. The van der Waals surface area contributed by atoms with Gasteiger partial charge in [0, 0.05) is 11.6 Å². The van der Waals surface area contributed by atoms with Crippen LogP contribution >= 0.6 is 23.2 Å². The number of nitrogens with zero attached hydrogens (tertiary/aromatic N) is 1. The first kappa shape index (κ1) is 15.6. The van der Waals surface area contributed by atoms with Gasteiger partial charge in [0.05, 0.1) is 15.7 Å². The Hall–Kier alpha value is -2.30. The summed E-state index contributed by atoms with van der Waals surface area (Å²) in [6.45, 7) is -0.154. The molecule has 116 valence electrons. The lowest BCUT2D eigenvalue weighted by Gasteiger charge is -2.10. The molecule has 1 aromatic heterocycles. The van der Waals surface area contributed by atoms with Crippen molar-refractivity contribution in [2.45, 2.75) is 0 Å². The normalized spacial score (nSPS) is 10.5. The topological polar surface area (TPSA) is 51.2 Å². The molecule has 0 radical (unpaired) electrons. The van der Waals surface area contributed by atoms with E-state index in [1.807, 2.05) is 24.3 Å². The van der Waals surface area contributed by atoms with Gasteiger partial charge in [-0.1, -0.05) is 47.5 Å². The summed E-state index contributed by atoms with van der Waals surface area (Å²) < 4.78 is 5.57. The number of nitrogens with one attached hydrogen (secondary N) is 1. The van der Waals surface area contributed by atoms with E-state index in [4.69, 9.17) is 27.9 Å². The van der Waals surface area contributed by atoms with Crippen LogP contribution < -0.4 is 10.1 Å². The summed E-state index contributed by atoms with van der Waals surface area (Å²) in [4.78, 5) is 16.3. The Labute approximate surface area is 143 Å². The van der Waals surface area contributed by atoms with Crippen LogP contribution in [-0.4, -0.2) is 17.5 Å². The fraction of sp³-hybridized carbons (Fsp3) is 0.0588. The third kappa shape index (κ3) is 3.55. The smallest absolute Gasteiger partial charge is 0.262 e. The monoisotopic (exact) mass is 346 g/mol. The van der Waals surface area contributed by atoms with Crippen molar-refractivity contribution in [2.75, 3.05) is 11.9 Å². The molecule has 0 bridgehead atoms. The molecule has 0 fully saturated rings. The van der Waals surface area contributed by atoms with Crippen LogP contribution in [-0.2, 0) is 4.79 Å².